The molecule has 0 spiro atoms. The second kappa shape index (κ2) is 8.41. The molecule has 4 heteroatoms. The molecule has 0 unspecified atom stereocenters. The molecular formula is C24H23N3O. The highest BCUT2D eigenvalue weighted by Gasteiger charge is 2.14. The van der Waals surface area contributed by atoms with E-state index in [0.717, 1.165) is 29.1 Å². The zero-order valence-electron chi connectivity index (χ0n) is 16.4. The number of aromatic nitrogens is 1. The van der Waals surface area contributed by atoms with Gasteiger partial charge in [-0.2, -0.15) is 5.26 Å². The number of hydrogen-bond donors (Lipinski definition) is 1. The molecule has 0 atom stereocenters. The van der Waals surface area contributed by atoms with Gasteiger partial charge in [-0.3, -0.25) is 4.79 Å². The first-order valence-electron chi connectivity index (χ1n) is 9.30. The van der Waals surface area contributed by atoms with E-state index in [2.05, 4.69) is 41.1 Å². The average Bonchev–Trinajstić information content (AvgIpc) is 3.00. The van der Waals surface area contributed by atoms with E-state index >= 15 is 0 Å². The van der Waals surface area contributed by atoms with Crippen molar-refractivity contribution < 1.29 is 4.79 Å². The van der Waals surface area contributed by atoms with Crippen molar-refractivity contribution in [2.24, 2.45) is 0 Å². The average molecular weight is 369 g/mol. The van der Waals surface area contributed by atoms with Crippen LogP contribution in [0.2, 0.25) is 0 Å². The Bertz CT molecular complexity index is 1050. The SMILES string of the molecule is CCc1ccc(-n2c(C)cc(C=C(C#N)C(=O)Nc3ccccc3)c2C)cc1. The summed E-state index contributed by atoms with van der Waals surface area (Å²) in [5, 5.41) is 12.3. The molecule has 3 aromatic rings. The van der Waals surface area contributed by atoms with Crippen molar-refractivity contribution in [2.75, 3.05) is 5.32 Å². The fourth-order valence-corrected chi connectivity index (χ4v) is 3.24. The van der Waals surface area contributed by atoms with Crippen LogP contribution in [0, 0.1) is 25.2 Å². The Morgan fingerprint density at radius 3 is 2.39 bits per heavy atom. The van der Waals surface area contributed by atoms with Gasteiger partial charge in [0.15, 0.2) is 0 Å². The third kappa shape index (κ3) is 4.05. The summed E-state index contributed by atoms with van der Waals surface area (Å²) in [7, 11) is 0. The molecule has 0 saturated heterocycles. The van der Waals surface area contributed by atoms with Gasteiger partial charge in [-0.25, -0.2) is 0 Å². The number of hydrogen-bond acceptors (Lipinski definition) is 2. The molecule has 4 nitrogen and oxygen atoms in total. The normalized spacial score (nSPS) is 11.1. The Kier molecular flexibility index (Phi) is 5.76. The van der Waals surface area contributed by atoms with Crippen molar-refractivity contribution in [3.8, 4) is 11.8 Å². The minimum Gasteiger partial charge on any atom is -0.321 e. The second-order valence-corrected chi connectivity index (χ2v) is 6.67. The molecule has 0 aliphatic rings. The van der Waals surface area contributed by atoms with Crippen LogP contribution in [0.15, 0.2) is 66.2 Å². The van der Waals surface area contributed by atoms with Crippen molar-refractivity contribution in [1.82, 2.24) is 4.57 Å². The number of nitrogens with zero attached hydrogens (tertiary/aromatic N) is 2. The third-order valence-electron chi connectivity index (χ3n) is 4.77. The van der Waals surface area contributed by atoms with E-state index in [4.69, 9.17) is 0 Å². The molecule has 3 rings (SSSR count). The summed E-state index contributed by atoms with van der Waals surface area (Å²) in [6, 6.07) is 21.6. The van der Waals surface area contributed by atoms with Crippen LogP contribution >= 0.6 is 0 Å². The number of rotatable bonds is 5. The minimum atomic E-state index is -0.411. The molecule has 1 N–H and O–H groups in total. The number of aryl methyl sites for hydroxylation is 2. The summed E-state index contributed by atoms with van der Waals surface area (Å²) in [6.45, 7) is 6.15. The highest BCUT2D eigenvalue weighted by molar-refractivity contribution is 6.09. The van der Waals surface area contributed by atoms with E-state index in [0.29, 0.717) is 5.69 Å². The number of amides is 1. The van der Waals surface area contributed by atoms with Crippen molar-refractivity contribution in [3.05, 3.63) is 88.8 Å². The van der Waals surface area contributed by atoms with Gasteiger partial charge < -0.3 is 9.88 Å². The van der Waals surface area contributed by atoms with Gasteiger partial charge >= 0.3 is 0 Å². The van der Waals surface area contributed by atoms with Crippen LogP contribution < -0.4 is 5.32 Å². The molecular weight excluding hydrogens is 346 g/mol. The summed E-state index contributed by atoms with van der Waals surface area (Å²) in [4.78, 5) is 12.5. The van der Waals surface area contributed by atoms with E-state index in [9.17, 15) is 10.1 Å². The lowest BCUT2D eigenvalue weighted by atomic mass is 10.1. The highest BCUT2D eigenvalue weighted by atomic mass is 16.1. The number of nitriles is 1. The van der Waals surface area contributed by atoms with Gasteiger partial charge in [-0.05, 0) is 67.8 Å². The number of benzene rings is 2. The first-order chi connectivity index (χ1) is 13.5. The quantitative estimate of drug-likeness (QED) is 0.496. The standard InChI is InChI=1S/C24H23N3O/c1-4-19-10-12-23(13-11-19)27-17(2)14-20(18(27)3)15-21(16-25)24(28)26-22-8-6-5-7-9-22/h5-15H,4H2,1-3H3,(H,26,28). The molecule has 1 amide bonds. The maximum atomic E-state index is 12.5. The van der Waals surface area contributed by atoms with E-state index in [1.165, 1.54) is 5.56 Å². The molecule has 0 saturated carbocycles. The van der Waals surface area contributed by atoms with E-state index in [1.54, 1.807) is 18.2 Å². The molecule has 2 aromatic carbocycles. The summed E-state index contributed by atoms with van der Waals surface area (Å²) in [5.74, 6) is -0.411. The number of nitrogens with one attached hydrogen (secondary N) is 1. The summed E-state index contributed by atoms with van der Waals surface area (Å²) in [6.07, 6.45) is 2.65. The molecule has 0 bridgehead atoms. The van der Waals surface area contributed by atoms with E-state index in [-0.39, 0.29) is 5.57 Å². The zero-order chi connectivity index (χ0) is 20.1. The first-order valence-corrected chi connectivity index (χ1v) is 9.30. The van der Waals surface area contributed by atoms with Crippen LogP contribution in [0.1, 0.15) is 29.4 Å². The van der Waals surface area contributed by atoms with Gasteiger partial charge in [0.05, 0.1) is 0 Å². The smallest absolute Gasteiger partial charge is 0.266 e. The third-order valence-corrected chi connectivity index (χ3v) is 4.77. The van der Waals surface area contributed by atoms with Crippen LogP contribution in [0.3, 0.4) is 0 Å². The van der Waals surface area contributed by atoms with Gasteiger partial charge in [0.2, 0.25) is 0 Å². The summed E-state index contributed by atoms with van der Waals surface area (Å²) >= 11 is 0. The molecule has 0 fully saturated rings. The fourth-order valence-electron chi connectivity index (χ4n) is 3.24. The largest absolute Gasteiger partial charge is 0.321 e. The molecule has 0 aliphatic carbocycles. The van der Waals surface area contributed by atoms with E-state index < -0.39 is 5.91 Å². The van der Waals surface area contributed by atoms with Crippen LogP contribution in [0.5, 0.6) is 0 Å². The van der Waals surface area contributed by atoms with Crippen LogP contribution in [0.4, 0.5) is 5.69 Å². The van der Waals surface area contributed by atoms with Crippen molar-refractivity contribution in [2.45, 2.75) is 27.2 Å². The Balaban J connectivity index is 1.92. The topological polar surface area (TPSA) is 57.8 Å². The monoisotopic (exact) mass is 369 g/mol. The number of carbonyl (C=O) groups excluding carboxylic acids is 1. The van der Waals surface area contributed by atoms with Crippen LogP contribution in [0.25, 0.3) is 11.8 Å². The highest BCUT2D eigenvalue weighted by Crippen LogP contribution is 2.23. The second-order valence-electron chi connectivity index (χ2n) is 6.67. The van der Waals surface area contributed by atoms with Crippen LogP contribution in [-0.2, 0) is 11.2 Å². The van der Waals surface area contributed by atoms with Crippen molar-refractivity contribution >= 4 is 17.7 Å². The first kappa shape index (κ1) is 19.2. The molecule has 140 valence electrons. The van der Waals surface area contributed by atoms with Gasteiger partial charge in [0.1, 0.15) is 11.6 Å². The Labute approximate surface area is 165 Å². The lowest BCUT2D eigenvalue weighted by Gasteiger charge is -2.10. The predicted molar refractivity (Wildman–Crippen MR) is 113 cm³/mol. The van der Waals surface area contributed by atoms with Crippen molar-refractivity contribution in [1.29, 1.82) is 5.26 Å². The van der Waals surface area contributed by atoms with Crippen molar-refractivity contribution in [3.63, 3.8) is 0 Å². The molecule has 0 radical (unpaired) electrons. The maximum absolute atomic E-state index is 12.5. The van der Waals surface area contributed by atoms with Gasteiger partial charge in [-0.1, -0.05) is 37.3 Å². The van der Waals surface area contributed by atoms with Gasteiger partial charge in [0, 0.05) is 22.8 Å². The minimum absolute atomic E-state index is 0.0745. The number of para-hydroxylation sites is 1. The Morgan fingerprint density at radius 1 is 1.11 bits per heavy atom. The number of carbonyl (C=O) groups is 1. The Hall–Kier alpha value is -3.58. The lowest BCUT2D eigenvalue weighted by molar-refractivity contribution is -0.112. The molecule has 1 heterocycles. The summed E-state index contributed by atoms with van der Waals surface area (Å²) < 4.78 is 2.13. The zero-order valence-corrected chi connectivity index (χ0v) is 16.4. The predicted octanol–water partition coefficient (Wildman–Crippen LogP) is 5.20. The lowest BCUT2D eigenvalue weighted by Crippen LogP contribution is -2.13. The fraction of sp³-hybridized carbons (Fsp3) is 0.167. The Morgan fingerprint density at radius 2 is 1.79 bits per heavy atom. The van der Waals surface area contributed by atoms with Crippen LogP contribution in [-0.4, -0.2) is 10.5 Å². The van der Waals surface area contributed by atoms with Gasteiger partial charge in [-0.15, -0.1) is 0 Å². The maximum Gasteiger partial charge on any atom is 0.266 e. The van der Waals surface area contributed by atoms with E-state index in [1.807, 2.05) is 44.2 Å². The summed E-state index contributed by atoms with van der Waals surface area (Å²) in [5.41, 5.74) is 5.99. The molecule has 0 aliphatic heterocycles. The molecule has 1 aromatic heterocycles. The number of anilines is 1. The van der Waals surface area contributed by atoms with Gasteiger partial charge in [0.25, 0.3) is 5.91 Å². The molecule has 28 heavy (non-hydrogen) atoms.